The van der Waals surface area contributed by atoms with Crippen LogP contribution in [0.2, 0.25) is 0 Å². The first kappa shape index (κ1) is 13.4. The van der Waals surface area contributed by atoms with Gasteiger partial charge in [-0.3, -0.25) is 4.68 Å². The fourth-order valence-electron chi connectivity index (χ4n) is 2.36. The van der Waals surface area contributed by atoms with Gasteiger partial charge in [-0.05, 0) is 61.0 Å². The quantitative estimate of drug-likeness (QED) is 0.798. The zero-order chi connectivity index (χ0) is 14.8. The highest BCUT2D eigenvalue weighted by Gasteiger charge is 2.09. The van der Waals surface area contributed by atoms with E-state index in [0.29, 0.717) is 0 Å². The highest BCUT2D eigenvalue weighted by molar-refractivity contribution is 5.36. The summed E-state index contributed by atoms with van der Waals surface area (Å²) in [7, 11) is 0. The second-order valence-corrected chi connectivity index (χ2v) is 5.15. The van der Waals surface area contributed by atoms with Crippen LogP contribution in [0.1, 0.15) is 29.9 Å². The van der Waals surface area contributed by atoms with Crippen molar-refractivity contribution >= 4 is 0 Å². The first-order valence-electron chi connectivity index (χ1n) is 6.90. The fraction of sp³-hybridized carbons (Fsp3) is 0.267. The van der Waals surface area contributed by atoms with Gasteiger partial charge in [-0.2, -0.15) is 0 Å². The van der Waals surface area contributed by atoms with Crippen molar-refractivity contribution in [1.29, 1.82) is 0 Å². The van der Waals surface area contributed by atoms with Crippen LogP contribution in [0, 0.1) is 13.8 Å². The van der Waals surface area contributed by atoms with E-state index in [1.54, 1.807) is 11.0 Å². The number of rotatable bonds is 4. The molecule has 1 unspecified atom stereocenters. The Labute approximate surface area is 123 Å². The van der Waals surface area contributed by atoms with Crippen LogP contribution in [0.5, 0.6) is 0 Å². The zero-order valence-corrected chi connectivity index (χ0v) is 12.4. The predicted molar refractivity (Wildman–Crippen MR) is 80.8 cm³/mol. The van der Waals surface area contributed by atoms with Crippen LogP contribution in [-0.4, -0.2) is 24.9 Å². The molecule has 0 aliphatic rings. The Morgan fingerprint density at radius 1 is 1.10 bits per heavy atom. The van der Waals surface area contributed by atoms with Gasteiger partial charge in [0.05, 0.1) is 11.7 Å². The predicted octanol–water partition coefficient (Wildman–Crippen LogP) is 2.39. The highest BCUT2D eigenvalue weighted by Crippen LogP contribution is 2.18. The average Bonchev–Trinajstić information content (AvgIpc) is 3.13. The van der Waals surface area contributed by atoms with Gasteiger partial charge in [0.1, 0.15) is 6.33 Å². The molecule has 2 heterocycles. The SMILES string of the molecule is Cc1ccc(C)n1NC(C)c1cccc(-n2cnnn2)c1. The van der Waals surface area contributed by atoms with E-state index in [1.165, 1.54) is 17.0 Å². The van der Waals surface area contributed by atoms with Crippen LogP contribution in [0.3, 0.4) is 0 Å². The highest BCUT2D eigenvalue weighted by atomic mass is 15.5. The van der Waals surface area contributed by atoms with Crippen LogP contribution in [0.15, 0.2) is 42.7 Å². The lowest BCUT2D eigenvalue weighted by Crippen LogP contribution is -2.21. The van der Waals surface area contributed by atoms with Crippen LogP contribution < -0.4 is 5.43 Å². The molecule has 6 nitrogen and oxygen atoms in total. The molecule has 0 aliphatic heterocycles. The lowest BCUT2D eigenvalue weighted by molar-refractivity contribution is 0.697. The summed E-state index contributed by atoms with van der Waals surface area (Å²) >= 11 is 0. The standard InChI is InChI=1S/C15H18N6/c1-11-7-8-12(2)21(11)17-13(3)14-5-4-6-15(9-14)20-10-16-18-19-20/h4-10,13,17H,1-3H3. The average molecular weight is 282 g/mol. The van der Waals surface area contributed by atoms with E-state index in [0.717, 1.165) is 5.69 Å². The third-order valence-electron chi connectivity index (χ3n) is 3.58. The Morgan fingerprint density at radius 2 is 1.86 bits per heavy atom. The molecule has 3 rings (SSSR count). The third-order valence-corrected chi connectivity index (χ3v) is 3.58. The van der Waals surface area contributed by atoms with Gasteiger partial charge in [0, 0.05) is 11.4 Å². The molecular formula is C15H18N6. The molecule has 0 aliphatic carbocycles. The van der Waals surface area contributed by atoms with Crippen LogP contribution in [0.4, 0.5) is 0 Å². The number of benzene rings is 1. The van der Waals surface area contributed by atoms with Crippen molar-refractivity contribution in [3.63, 3.8) is 0 Å². The number of nitrogens with one attached hydrogen (secondary N) is 1. The van der Waals surface area contributed by atoms with Crippen molar-refractivity contribution in [2.24, 2.45) is 0 Å². The van der Waals surface area contributed by atoms with E-state index >= 15 is 0 Å². The van der Waals surface area contributed by atoms with Gasteiger partial charge in [0.15, 0.2) is 0 Å². The lowest BCUT2D eigenvalue weighted by atomic mass is 10.1. The molecule has 108 valence electrons. The van der Waals surface area contributed by atoms with Gasteiger partial charge >= 0.3 is 0 Å². The number of aromatic nitrogens is 5. The molecule has 0 spiro atoms. The Morgan fingerprint density at radius 3 is 2.52 bits per heavy atom. The van der Waals surface area contributed by atoms with Crippen molar-refractivity contribution in [3.8, 4) is 5.69 Å². The summed E-state index contributed by atoms with van der Waals surface area (Å²) < 4.78 is 3.76. The largest absolute Gasteiger partial charge is 0.319 e. The van der Waals surface area contributed by atoms with E-state index in [9.17, 15) is 0 Å². The molecule has 6 heteroatoms. The van der Waals surface area contributed by atoms with Crippen molar-refractivity contribution in [1.82, 2.24) is 24.9 Å². The Balaban J connectivity index is 1.85. The van der Waals surface area contributed by atoms with E-state index < -0.39 is 0 Å². The Bertz CT molecular complexity index is 709. The summed E-state index contributed by atoms with van der Waals surface area (Å²) in [5.74, 6) is 0. The minimum Gasteiger partial charge on any atom is -0.319 e. The molecule has 1 N–H and O–H groups in total. The summed E-state index contributed by atoms with van der Waals surface area (Å²) in [5.41, 5.74) is 8.01. The maximum Gasteiger partial charge on any atom is 0.143 e. The van der Waals surface area contributed by atoms with Gasteiger partial charge in [-0.25, -0.2) is 4.68 Å². The third kappa shape index (κ3) is 2.65. The first-order valence-corrected chi connectivity index (χ1v) is 6.90. The second-order valence-electron chi connectivity index (χ2n) is 5.15. The number of aryl methyl sites for hydroxylation is 2. The molecule has 2 aromatic heterocycles. The molecular weight excluding hydrogens is 264 g/mol. The lowest BCUT2D eigenvalue weighted by Gasteiger charge is -2.20. The molecule has 0 fully saturated rings. The Kier molecular flexibility index (Phi) is 3.43. The molecule has 0 bridgehead atoms. The molecule has 1 aromatic carbocycles. The molecule has 0 saturated carbocycles. The van der Waals surface area contributed by atoms with Crippen molar-refractivity contribution in [3.05, 3.63) is 59.7 Å². The van der Waals surface area contributed by atoms with Crippen molar-refractivity contribution in [2.75, 3.05) is 5.43 Å². The molecule has 1 atom stereocenters. The number of nitrogens with zero attached hydrogens (tertiary/aromatic N) is 5. The van der Waals surface area contributed by atoms with Crippen LogP contribution >= 0.6 is 0 Å². The summed E-state index contributed by atoms with van der Waals surface area (Å²) in [4.78, 5) is 0. The summed E-state index contributed by atoms with van der Waals surface area (Å²) in [6, 6.07) is 12.6. The van der Waals surface area contributed by atoms with Gasteiger partial charge in [-0.1, -0.05) is 12.1 Å². The van der Waals surface area contributed by atoms with E-state index in [4.69, 9.17) is 0 Å². The van der Waals surface area contributed by atoms with E-state index in [2.05, 4.69) is 70.7 Å². The fourth-order valence-corrected chi connectivity index (χ4v) is 2.36. The topological polar surface area (TPSA) is 60.6 Å². The molecule has 3 aromatic rings. The maximum atomic E-state index is 3.92. The van der Waals surface area contributed by atoms with E-state index in [1.807, 2.05) is 12.1 Å². The smallest absolute Gasteiger partial charge is 0.143 e. The minimum absolute atomic E-state index is 0.172. The van der Waals surface area contributed by atoms with Gasteiger partial charge in [-0.15, -0.1) is 5.10 Å². The first-order chi connectivity index (χ1) is 10.1. The Hall–Kier alpha value is -2.63. The number of tetrazole rings is 1. The minimum atomic E-state index is 0.172. The second kappa shape index (κ2) is 5.40. The molecule has 21 heavy (non-hydrogen) atoms. The van der Waals surface area contributed by atoms with Crippen LogP contribution in [0.25, 0.3) is 5.69 Å². The monoisotopic (exact) mass is 282 g/mol. The number of hydrogen-bond donors (Lipinski definition) is 1. The molecule has 0 amide bonds. The number of hydrogen-bond acceptors (Lipinski definition) is 4. The van der Waals surface area contributed by atoms with E-state index in [-0.39, 0.29) is 6.04 Å². The zero-order valence-electron chi connectivity index (χ0n) is 12.4. The van der Waals surface area contributed by atoms with Crippen LogP contribution in [-0.2, 0) is 0 Å². The molecule has 0 saturated heterocycles. The van der Waals surface area contributed by atoms with Gasteiger partial charge in [0.2, 0.25) is 0 Å². The normalized spacial score (nSPS) is 12.3. The summed E-state index contributed by atoms with van der Waals surface area (Å²) in [6.07, 6.45) is 1.59. The summed E-state index contributed by atoms with van der Waals surface area (Å²) in [6.45, 7) is 6.31. The summed E-state index contributed by atoms with van der Waals surface area (Å²) in [5, 5.41) is 11.3. The van der Waals surface area contributed by atoms with Crippen molar-refractivity contribution in [2.45, 2.75) is 26.8 Å². The molecule has 0 radical (unpaired) electrons. The van der Waals surface area contributed by atoms with Gasteiger partial charge < -0.3 is 5.43 Å². The maximum absolute atomic E-state index is 3.92. The van der Waals surface area contributed by atoms with Gasteiger partial charge in [0.25, 0.3) is 0 Å². The van der Waals surface area contributed by atoms with Crippen molar-refractivity contribution < 1.29 is 0 Å².